The molecule has 1 aliphatic rings. The Kier molecular flexibility index (Phi) is 4.95. The summed E-state index contributed by atoms with van der Waals surface area (Å²) in [6.45, 7) is 7.17. The summed E-state index contributed by atoms with van der Waals surface area (Å²) in [5.41, 5.74) is 3.90. The number of hydrogen-bond acceptors (Lipinski definition) is 6. The number of fused-ring (bicyclic) bond motifs is 1. The maximum absolute atomic E-state index is 13.0. The van der Waals surface area contributed by atoms with Gasteiger partial charge in [-0.1, -0.05) is 6.07 Å². The molecule has 1 fully saturated rings. The van der Waals surface area contributed by atoms with E-state index in [1.807, 2.05) is 39.1 Å². The van der Waals surface area contributed by atoms with E-state index in [9.17, 15) is 4.79 Å². The van der Waals surface area contributed by atoms with Gasteiger partial charge in [0.05, 0.1) is 29.9 Å². The molecule has 0 aromatic carbocycles. The van der Waals surface area contributed by atoms with Crippen molar-refractivity contribution >= 4 is 22.8 Å². The highest BCUT2D eigenvalue weighted by Crippen LogP contribution is 2.22. The fourth-order valence-electron chi connectivity index (χ4n) is 3.65. The zero-order valence-corrected chi connectivity index (χ0v) is 16.4. The van der Waals surface area contributed by atoms with Crippen LogP contribution in [-0.2, 0) is 18.3 Å². The van der Waals surface area contributed by atoms with Gasteiger partial charge in [-0.15, -0.1) is 0 Å². The predicted molar refractivity (Wildman–Crippen MR) is 106 cm³/mol. The number of hydrogen-bond donors (Lipinski definition) is 1. The maximum atomic E-state index is 13.0. The minimum absolute atomic E-state index is 0.136. The third-order valence-electron chi connectivity index (χ3n) is 4.96. The summed E-state index contributed by atoms with van der Waals surface area (Å²) in [4.78, 5) is 24.3. The van der Waals surface area contributed by atoms with E-state index < -0.39 is 0 Å². The van der Waals surface area contributed by atoms with E-state index in [2.05, 4.69) is 25.3 Å². The lowest BCUT2D eigenvalue weighted by Crippen LogP contribution is -2.37. The molecule has 8 heteroatoms. The van der Waals surface area contributed by atoms with Gasteiger partial charge in [0, 0.05) is 44.1 Å². The van der Waals surface area contributed by atoms with Gasteiger partial charge in [-0.3, -0.25) is 9.48 Å². The van der Waals surface area contributed by atoms with Gasteiger partial charge in [-0.05, 0) is 26.0 Å². The number of nitrogens with one attached hydrogen (secondary N) is 1. The Labute approximate surface area is 163 Å². The Hall–Kier alpha value is -3.00. The van der Waals surface area contributed by atoms with E-state index in [1.165, 1.54) is 0 Å². The van der Waals surface area contributed by atoms with Gasteiger partial charge in [-0.25, -0.2) is 9.97 Å². The average Bonchev–Trinajstić information content (AvgIpc) is 3.00. The molecule has 0 bridgehead atoms. The Bertz CT molecular complexity index is 1020. The molecule has 0 radical (unpaired) electrons. The van der Waals surface area contributed by atoms with Crippen molar-refractivity contribution in [2.24, 2.45) is 7.05 Å². The molecule has 1 amide bonds. The smallest absolute Gasteiger partial charge is 0.252 e. The second-order valence-corrected chi connectivity index (χ2v) is 6.99. The molecule has 3 aromatic rings. The Morgan fingerprint density at radius 1 is 1.29 bits per heavy atom. The van der Waals surface area contributed by atoms with Gasteiger partial charge in [-0.2, -0.15) is 5.10 Å². The largest absolute Gasteiger partial charge is 0.378 e. The minimum Gasteiger partial charge on any atom is -0.378 e. The van der Waals surface area contributed by atoms with Crippen LogP contribution in [0.2, 0.25) is 0 Å². The zero-order chi connectivity index (χ0) is 19.7. The van der Waals surface area contributed by atoms with E-state index in [0.29, 0.717) is 25.3 Å². The number of nitrogens with zero attached hydrogens (tertiary/aromatic N) is 5. The minimum atomic E-state index is -0.136. The molecule has 1 aliphatic heterocycles. The van der Waals surface area contributed by atoms with Crippen molar-refractivity contribution in [3.05, 3.63) is 46.9 Å². The Morgan fingerprint density at radius 2 is 2.07 bits per heavy atom. The summed E-state index contributed by atoms with van der Waals surface area (Å²) in [6.07, 6.45) is 1.78. The Balaban J connectivity index is 1.59. The molecule has 0 unspecified atom stereocenters. The summed E-state index contributed by atoms with van der Waals surface area (Å²) < 4.78 is 7.14. The molecule has 0 spiro atoms. The van der Waals surface area contributed by atoms with E-state index in [1.54, 1.807) is 10.9 Å². The highest BCUT2D eigenvalue weighted by molar-refractivity contribution is 6.06. The van der Waals surface area contributed by atoms with Crippen LogP contribution < -0.4 is 10.2 Å². The van der Waals surface area contributed by atoms with Crippen LogP contribution in [0.1, 0.15) is 27.3 Å². The van der Waals surface area contributed by atoms with Crippen LogP contribution in [0.15, 0.2) is 24.4 Å². The quantitative estimate of drug-likeness (QED) is 0.742. The lowest BCUT2D eigenvalue weighted by atomic mass is 10.1. The van der Waals surface area contributed by atoms with Crippen molar-refractivity contribution < 1.29 is 9.53 Å². The molecule has 8 nitrogen and oxygen atoms in total. The van der Waals surface area contributed by atoms with E-state index in [0.717, 1.165) is 46.9 Å². The molecule has 0 atom stereocenters. The van der Waals surface area contributed by atoms with Crippen molar-refractivity contribution in [3.63, 3.8) is 0 Å². The van der Waals surface area contributed by atoms with Gasteiger partial charge >= 0.3 is 0 Å². The number of amides is 1. The van der Waals surface area contributed by atoms with Crippen LogP contribution in [0, 0.1) is 13.8 Å². The first kappa shape index (κ1) is 18.4. The molecule has 0 aliphatic carbocycles. The van der Waals surface area contributed by atoms with E-state index >= 15 is 0 Å². The van der Waals surface area contributed by atoms with Crippen molar-refractivity contribution in [2.75, 3.05) is 31.2 Å². The zero-order valence-electron chi connectivity index (χ0n) is 16.4. The first-order chi connectivity index (χ1) is 13.5. The predicted octanol–water partition coefficient (Wildman–Crippen LogP) is 1.75. The first-order valence-electron chi connectivity index (χ1n) is 9.40. The molecule has 1 N–H and O–H groups in total. The maximum Gasteiger partial charge on any atom is 0.252 e. The molecule has 28 heavy (non-hydrogen) atoms. The number of aromatic nitrogens is 4. The van der Waals surface area contributed by atoms with Crippen LogP contribution in [0.3, 0.4) is 0 Å². The van der Waals surface area contributed by atoms with Crippen LogP contribution in [0.25, 0.3) is 11.0 Å². The number of ether oxygens (including phenoxy) is 1. The highest BCUT2D eigenvalue weighted by Gasteiger charge is 2.19. The summed E-state index contributed by atoms with van der Waals surface area (Å²) in [7, 11) is 1.84. The summed E-state index contributed by atoms with van der Waals surface area (Å²) >= 11 is 0. The van der Waals surface area contributed by atoms with Crippen molar-refractivity contribution in [3.8, 4) is 0 Å². The SMILES string of the molecule is Cc1cc(C(=O)NCc2cccnc2N2CCOCC2)c2c(C)nn(C)c2n1. The topological polar surface area (TPSA) is 85.2 Å². The fourth-order valence-corrected chi connectivity index (χ4v) is 3.65. The number of morpholine rings is 1. The third-order valence-corrected chi connectivity index (χ3v) is 4.96. The lowest BCUT2D eigenvalue weighted by molar-refractivity contribution is 0.0952. The molecule has 3 aromatic heterocycles. The number of pyridine rings is 2. The monoisotopic (exact) mass is 380 g/mol. The molecule has 4 rings (SSSR count). The summed E-state index contributed by atoms with van der Waals surface area (Å²) in [5.74, 6) is 0.767. The van der Waals surface area contributed by atoms with Crippen LogP contribution in [-0.4, -0.2) is 52.0 Å². The fraction of sp³-hybridized carbons (Fsp3) is 0.400. The molecule has 146 valence electrons. The standard InChI is InChI=1S/C20H24N6O2/c1-13-11-16(17-14(2)24-25(3)19(17)23-13)20(27)22-12-15-5-4-6-21-18(15)26-7-9-28-10-8-26/h4-6,11H,7-10,12H2,1-3H3,(H,22,27). The van der Waals surface area contributed by atoms with Crippen LogP contribution in [0.5, 0.6) is 0 Å². The number of carbonyl (C=O) groups excluding carboxylic acids is 1. The number of anilines is 1. The van der Waals surface area contributed by atoms with E-state index in [4.69, 9.17) is 4.74 Å². The van der Waals surface area contributed by atoms with Crippen molar-refractivity contribution in [1.82, 2.24) is 25.1 Å². The van der Waals surface area contributed by atoms with Crippen LogP contribution in [0.4, 0.5) is 5.82 Å². The summed E-state index contributed by atoms with van der Waals surface area (Å²) in [6, 6.07) is 5.71. The third kappa shape index (κ3) is 3.43. The van der Waals surface area contributed by atoms with Crippen LogP contribution >= 0.6 is 0 Å². The number of carbonyl (C=O) groups is 1. The highest BCUT2D eigenvalue weighted by atomic mass is 16.5. The van der Waals surface area contributed by atoms with Gasteiger partial charge in [0.1, 0.15) is 5.82 Å². The first-order valence-corrected chi connectivity index (χ1v) is 9.40. The lowest BCUT2D eigenvalue weighted by Gasteiger charge is -2.29. The Morgan fingerprint density at radius 3 is 2.86 bits per heavy atom. The molecular formula is C20H24N6O2. The normalized spacial score (nSPS) is 14.5. The second kappa shape index (κ2) is 7.55. The summed E-state index contributed by atoms with van der Waals surface area (Å²) in [5, 5.41) is 8.26. The van der Waals surface area contributed by atoms with Crippen molar-refractivity contribution in [2.45, 2.75) is 20.4 Å². The molecular weight excluding hydrogens is 356 g/mol. The van der Waals surface area contributed by atoms with Gasteiger partial charge in [0.2, 0.25) is 0 Å². The molecule has 4 heterocycles. The average molecular weight is 380 g/mol. The number of aryl methyl sites for hydroxylation is 3. The van der Waals surface area contributed by atoms with Gasteiger partial charge in [0.15, 0.2) is 5.65 Å². The van der Waals surface area contributed by atoms with E-state index in [-0.39, 0.29) is 5.91 Å². The molecule has 0 saturated carbocycles. The van der Waals surface area contributed by atoms with Gasteiger partial charge in [0.25, 0.3) is 5.91 Å². The number of rotatable bonds is 4. The van der Waals surface area contributed by atoms with Crippen molar-refractivity contribution in [1.29, 1.82) is 0 Å². The second-order valence-electron chi connectivity index (χ2n) is 6.99. The van der Waals surface area contributed by atoms with Gasteiger partial charge < -0.3 is 15.0 Å². The molecule has 1 saturated heterocycles.